The largest absolute Gasteiger partial charge is 0.379 e. The predicted octanol–water partition coefficient (Wildman–Crippen LogP) is 2.71. The summed E-state index contributed by atoms with van der Waals surface area (Å²) in [5.41, 5.74) is 16.0. The maximum atomic E-state index is 12.0. The summed E-state index contributed by atoms with van der Waals surface area (Å²) >= 11 is 0. The Morgan fingerprint density at radius 3 is 2.71 bits per heavy atom. The van der Waals surface area contributed by atoms with E-state index >= 15 is 0 Å². The summed E-state index contributed by atoms with van der Waals surface area (Å²) in [6.07, 6.45) is 9.60. The molecular formula is C22H28N8O. The van der Waals surface area contributed by atoms with E-state index < -0.39 is 5.91 Å². The number of pyridine rings is 2. The van der Waals surface area contributed by atoms with Crippen LogP contribution in [-0.2, 0) is 7.05 Å². The number of amides is 1. The van der Waals surface area contributed by atoms with Gasteiger partial charge in [-0.05, 0) is 43.5 Å². The van der Waals surface area contributed by atoms with Gasteiger partial charge < -0.3 is 22.1 Å². The smallest absolute Gasteiger partial charge is 0.269 e. The molecule has 1 aliphatic carbocycles. The van der Waals surface area contributed by atoms with Crippen LogP contribution in [-0.4, -0.2) is 37.7 Å². The fraction of sp³-hybridized carbons (Fsp3) is 0.364. The summed E-state index contributed by atoms with van der Waals surface area (Å²) in [5, 5.41) is 10.9. The SMILES string of the molecule is Cc1cc(Nc2cc(N[C@@H]3CCCC[C@@H]3N)cnc2C(N)=O)nc(-c2cnn(C)c2)c1. The Morgan fingerprint density at radius 1 is 1.19 bits per heavy atom. The van der Waals surface area contributed by atoms with Crippen LogP contribution in [0.2, 0.25) is 0 Å². The minimum atomic E-state index is -0.608. The van der Waals surface area contributed by atoms with Gasteiger partial charge in [-0.15, -0.1) is 0 Å². The van der Waals surface area contributed by atoms with Crippen molar-refractivity contribution >= 4 is 23.1 Å². The quantitative estimate of drug-likeness (QED) is 0.481. The molecule has 0 unspecified atom stereocenters. The third kappa shape index (κ3) is 4.83. The molecule has 0 bridgehead atoms. The molecule has 9 heteroatoms. The van der Waals surface area contributed by atoms with Crippen molar-refractivity contribution in [3.8, 4) is 11.3 Å². The Labute approximate surface area is 181 Å². The summed E-state index contributed by atoms with van der Waals surface area (Å²) in [4.78, 5) is 20.9. The van der Waals surface area contributed by atoms with Gasteiger partial charge in [-0.25, -0.2) is 9.97 Å². The van der Waals surface area contributed by atoms with Gasteiger partial charge in [0.2, 0.25) is 0 Å². The fourth-order valence-electron chi connectivity index (χ4n) is 3.96. The highest BCUT2D eigenvalue weighted by atomic mass is 16.1. The average molecular weight is 421 g/mol. The molecular weight excluding hydrogens is 392 g/mol. The van der Waals surface area contributed by atoms with Crippen LogP contribution in [0.15, 0.2) is 36.8 Å². The zero-order valence-corrected chi connectivity index (χ0v) is 17.8. The highest BCUT2D eigenvalue weighted by molar-refractivity contribution is 5.97. The molecule has 9 nitrogen and oxygen atoms in total. The van der Waals surface area contributed by atoms with Crippen LogP contribution in [0, 0.1) is 6.92 Å². The number of rotatable bonds is 6. The van der Waals surface area contributed by atoms with E-state index in [0.29, 0.717) is 11.5 Å². The van der Waals surface area contributed by atoms with Crippen LogP contribution in [0.3, 0.4) is 0 Å². The minimum absolute atomic E-state index is 0.0986. The number of aryl methyl sites for hydroxylation is 2. The number of hydrogen-bond donors (Lipinski definition) is 4. The fourth-order valence-corrected chi connectivity index (χ4v) is 3.96. The molecule has 3 heterocycles. The zero-order chi connectivity index (χ0) is 22.0. The first-order valence-electron chi connectivity index (χ1n) is 10.5. The van der Waals surface area contributed by atoms with Gasteiger partial charge >= 0.3 is 0 Å². The molecule has 31 heavy (non-hydrogen) atoms. The molecule has 1 saturated carbocycles. The second kappa shape index (κ2) is 8.73. The maximum absolute atomic E-state index is 12.0. The first kappa shape index (κ1) is 20.8. The number of carbonyl (C=O) groups is 1. The summed E-state index contributed by atoms with van der Waals surface area (Å²) < 4.78 is 1.73. The molecule has 1 amide bonds. The number of primary amides is 1. The highest BCUT2D eigenvalue weighted by Gasteiger charge is 2.22. The normalized spacial score (nSPS) is 18.5. The van der Waals surface area contributed by atoms with E-state index in [1.807, 2.05) is 38.4 Å². The van der Waals surface area contributed by atoms with Gasteiger partial charge in [-0.3, -0.25) is 9.48 Å². The van der Waals surface area contributed by atoms with E-state index in [1.165, 1.54) is 0 Å². The van der Waals surface area contributed by atoms with Crippen LogP contribution in [0.1, 0.15) is 41.7 Å². The Morgan fingerprint density at radius 2 is 2.00 bits per heavy atom. The van der Waals surface area contributed by atoms with Gasteiger partial charge in [-0.2, -0.15) is 5.10 Å². The highest BCUT2D eigenvalue weighted by Crippen LogP contribution is 2.27. The summed E-state index contributed by atoms with van der Waals surface area (Å²) in [6, 6.07) is 6.00. The van der Waals surface area contributed by atoms with Crippen LogP contribution in [0.5, 0.6) is 0 Å². The van der Waals surface area contributed by atoms with Crippen molar-refractivity contribution < 1.29 is 4.79 Å². The van der Waals surface area contributed by atoms with E-state index in [9.17, 15) is 4.79 Å². The Kier molecular flexibility index (Phi) is 5.85. The molecule has 1 aliphatic rings. The summed E-state index contributed by atoms with van der Waals surface area (Å²) in [5.74, 6) is -0.0155. The Hall–Kier alpha value is -3.46. The van der Waals surface area contributed by atoms with Crippen molar-refractivity contribution in [2.45, 2.75) is 44.7 Å². The number of nitrogens with one attached hydrogen (secondary N) is 2. The standard InChI is InChI=1S/C22H28N8O/c1-13-7-18(14-10-26-30(2)12-14)28-20(8-13)29-19-9-15(11-25-21(19)22(24)31)27-17-6-4-3-5-16(17)23/h7-12,16-17,27H,3-6,23H2,1-2H3,(H2,24,31)(H,28,29)/t16-,17+/m0/s1. The zero-order valence-electron chi connectivity index (χ0n) is 17.8. The van der Waals surface area contributed by atoms with Crippen LogP contribution >= 0.6 is 0 Å². The maximum Gasteiger partial charge on any atom is 0.269 e. The second-order valence-corrected chi connectivity index (χ2v) is 8.13. The van der Waals surface area contributed by atoms with E-state index in [4.69, 9.17) is 11.5 Å². The molecule has 0 radical (unpaired) electrons. The minimum Gasteiger partial charge on any atom is -0.379 e. The second-order valence-electron chi connectivity index (χ2n) is 8.13. The van der Waals surface area contributed by atoms with Gasteiger partial charge in [0.1, 0.15) is 5.82 Å². The molecule has 4 rings (SSSR count). The lowest BCUT2D eigenvalue weighted by atomic mass is 9.91. The molecule has 0 saturated heterocycles. The molecule has 0 aromatic carbocycles. The number of carbonyl (C=O) groups excluding carboxylic acids is 1. The Bertz CT molecular complexity index is 1090. The van der Waals surface area contributed by atoms with E-state index in [-0.39, 0.29) is 17.8 Å². The first-order chi connectivity index (χ1) is 14.9. The van der Waals surface area contributed by atoms with Gasteiger partial charge in [0.15, 0.2) is 5.69 Å². The van der Waals surface area contributed by atoms with Gasteiger partial charge in [-0.1, -0.05) is 12.8 Å². The van der Waals surface area contributed by atoms with Crippen molar-refractivity contribution in [3.63, 3.8) is 0 Å². The van der Waals surface area contributed by atoms with Gasteiger partial charge in [0.05, 0.1) is 29.5 Å². The first-order valence-corrected chi connectivity index (χ1v) is 10.5. The molecule has 2 atom stereocenters. The van der Waals surface area contributed by atoms with Crippen LogP contribution < -0.4 is 22.1 Å². The molecule has 6 N–H and O–H groups in total. The molecule has 3 aromatic heterocycles. The molecule has 3 aromatic rings. The van der Waals surface area contributed by atoms with E-state index in [0.717, 1.165) is 48.2 Å². The lowest BCUT2D eigenvalue weighted by Gasteiger charge is -2.30. The van der Waals surface area contributed by atoms with Crippen LogP contribution in [0.25, 0.3) is 11.3 Å². The Balaban J connectivity index is 1.63. The number of hydrogen-bond acceptors (Lipinski definition) is 7. The van der Waals surface area contributed by atoms with Crippen LogP contribution in [0.4, 0.5) is 17.2 Å². The number of nitrogens with two attached hydrogens (primary N) is 2. The number of nitrogens with zero attached hydrogens (tertiary/aromatic N) is 4. The lowest BCUT2D eigenvalue weighted by Crippen LogP contribution is -2.42. The van der Waals surface area contributed by atoms with Crippen molar-refractivity contribution in [3.05, 3.63) is 48.0 Å². The van der Waals surface area contributed by atoms with Crippen molar-refractivity contribution in [1.82, 2.24) is 19.7 Å². The van der Waals surface area contributed by atoms with Gasteiger partial charge in [0.25, 0.3) is 5.91 Å². The summed E-state index contributed by atoms with van der Waals surface area (Å²) in [6.45, 7) is 1.99. The topological polar surface area (TPSA) is 137 Å². The monoisotopic (exact) mass is 420 g/mol. The molecule has 0 spiro atoms. The predicted molar refractivity (Wildman–Crippen MR) is 121 cm³/mol. The molecule has 162 valence electrons. The van der Waals surface area contributed by atoms with Crippen molar-refractivity contribution in [2.75, 3.05) is 10.6 Å². The van der Waals surface area contributed by atoms with Crippen molar-refractivity contribution in [2.24, 2.45) is 18.5 Å². The van der Waals surface area contributed by atoms with E-state index in [2.05, 4.69) is 25.7 Å². The third-order valence-electron chi connectivity index (χ3n) is 5.53. The summed E-state index contributed by atoms with van der Waals surface area (Å²) in [7, 11) is 1.86. The molecule has 0 aliphatic heterocycles. The number of anilines is 3. The lowest BCUT2D eigenvalue weighted by molar-refractivity contribution is 0.0996. The average Bonchev–Trinajstić information content (AvgIpc) is 3.16. The van der Waals surface area contributed by atoms with Gasteiger partial charge in [0, 0.05) is 30.9 Å². The van der Waals surface area contributed by atoms with E-state index in [1.54, 1.807) is 17.1 Å². The van der Waals surface area contributed by atoms with Crippen molar-refractivity contribution in [1.29, 1.82) is 0 Å². The third-order valence-corrected chi connectivity index (χ3v) is 5.53. The number of aromatic nitrogens is 4. The molecule has 1 fully saturated rings.